The van der Waals surface area contributed by atoms with E-state index in [1.54, 1.807) is 11.0 Å². The van der Waals surface area contributed by atoms with Gasteiger partial charge in [-0.05, 0) is 44.7 Å². The van der Waals surface area contributed by atoms with E-state index in [9.17, 15) is 13.6 Å². The van der Waals surface area contributed by atoms with Crippen LogP contribution in [0.5, 0.6) is 5.88 Å². The molecule has 0 bridgehead atoms. The third-order valence-corrected chi connectivity index (χ3v) is 7.18. The van der Waals surface area contributed by atoms with Crippen molar-refractivity contribution in [2.45, 2.75) is 56.6 Å². The molecule has 2 aromatic rings. The molecule has 1 unspecified atom stereocenters. The van der Waals surface area contributed by atoms with Gasteiger partial charge in [0.25, 0.3) is 0 Å². The fourth-order valence-electron chi connectivity index (χ4n) is 5.35. The van der Waals surface area contributed by atoms with E-state index in [0.29, 0.717) is 63.0 Å². The molecule has 4 heterocycles. The van der Waals surface area contributed by atoms with E-state index in [4.69, 9.17) is 15.2 Å². The summed E-state index contributed by atoms with van der Waals surface area (Å²) in [5.41, 5.74) is 5.50. The number of rotatable bonds is 4. The lowest BCUT2D eigenvalue weighted by atomic mass is 9.78. The molecule has 1 spiro atoms. The molecule has 3 aliphatic heterocycles. The molecular formula is C24H29F2N5O3. The molecule has 3 aliphatic rings. The molecule has 3 fully saturated rings. The Morgan fingerprint density at radius 1 is 1.09 bits per heavy atom. The Bertz CT molecular complexity index is 1080. The quantitative estimate of drug-likeness (QED) is 0.727. The van der Waals surface area contributed by atoms with Crippen LogP contribution in [0.25, 0.3) is 0 Å². The van der Waals surface area contributed by atoms with E-state index in [2.05, 4.69) is 14.9 Å². The van der Waals surface area contributed by atoms with E-state index in [0.717, 1.165) is 31.4 Å². The van der Waals surface area contributed by atoms with Crippen molar-refractivity contribution < 1.29 is 23.0 Å². The zero-order valence-electron chi connectivity index (χ0n) is 19.2. The molecule has 0 saturated carbocycles. The average molecular weight is 474 g/mol. The zero-order chi connectivity index (χ0) is 23.9. The van der Waals surface area contributed by atoms with Crippen LogP contribution >= 0.6 is 0 Å². The monoisotopic (exact) mass is 473 g/mol. The summed E-state index contributed by atoms with van der Waals surface area (Å²) in [5, 5.41) is 0. The molecule has 0 aliphatic carbocycles. The minimum absolute atomic E-state index is 0.0558. The number of ether oxygens (including phenoxy) is 2. The number of anilines is 3. The first-order valence-corrected chi connectivity index (χ1v) is 11.7. The largest absolute Gasteiger partial charge is 0.469 e. The molecule has 1 atom stereocenters. The second-order valence-electron chi connectivity index (χ2n) is 9.67. The lowest BCUT2D eigenvalue weighted by Gasteiger charge is -2.51. The first-order valence-electron chi connectivity index (χ1n) is 11.7. The van der Waals surface area contributed by atoms with Gasteiger partial charge in [0.2, 0.25) is 17.7 Å². The maximum atomic E-state index is 14.0. The predicted molar refractivity (Wildman–Crippen MR) is 123 cm³/mol. The molecule has 10 heteroatoms. The van der Waals surface area contributed by atoms with E-state index >= 15 is 0 Å². The highest BCUT2D eigenvalue weighted by atomic mass is 19.2. The predicted octanol–water partition coefficient (Wildman–Crippen LogP) is 3.45. The molecule has 2 N–H and O–H groups in total. The molecular weight excluding hydrogens is 444 g/mol. The van der Waals surface area contributed by atoms with Gasteiger partial charge in [0.05, 0.1) is 18.8 Å². The number of nitrogens with zero attached hydrogens (tertiary/aromatic N) is 4. The van der Waals surface area contributed by atoms with Crippen LogP contribution in [0.3, 0.4) is 0 Å². The summed E-state index contributed by atoms with van der Waals surface area (Å²) in [4.78, 5) is 25.4. The number of carbonyl (C=O) groups is 1. The molecule has 182 valence electrons. The average Bonchev–Trinajstić information content (AvgIpc) is 3.22. The van der Waals surface area contributed by atoms with Gasteiger partial charge in [-0.3, -0.25) is 4.79 Å². The summed E-state index contributed by atoms with van der Waals surface area (Å²) in [6.45, 7) is 4.38. The van der Waals surface area contributed by atoms with E-state index in [1.165, 1.54) is 6.07 Å². The maximum Gasteiger partial charge on any atom is 0.227 e. The molecule has 34 heavy (non-hydrogen) atoms. The SMILES string of the molecule is CC1(Oc2cc(N3CCC4(CCCC(=O)N4c4ccc(F)c(F)c4)CC3)nc(N)n2)CCOC1. The van der Waals surface area contributed by atoms with Crippen LogP contribution in [-0.4, -0.2) is 53.3 Å². The van der Waals surface area contributed by atoms with Crippen molar-refractivity contribution in [3.05, 3.63) is 35.9 Å². The van der Waals surface area contributed by atoms with Crippen LogP contribution < -0.4 is 20.3 Å². The minimum Gasteiger partial charge on any atom is -0.469 e. The van der Waals surface area contributed by atoms with E-state index < -0.39 is 22.8 Å². The van der Waals surface area contributed by atoms with Gasteiger partial charge in [-0.25, -0.2) is 8.78 Å². The topological polar surface area (TPSA) is 93.8 Å². The van der Waals surface area contributed by atoms with Gasteiger partial charge in [-0.1, -0.05) is 0 Å². The van der Waals surface area contributed by atoms with E-state index in [1.807, 2.05) is 6.92 Å². The Kier molecular flexibility index (Phi) is 5.79. The highest BCUT2D eigenvalue weighted by Gasteiger charge is 2.45. The standard InChI is InChI=1S/C24H29F2N5O3/c1-23(9-12-33-15-23)34-20-14-19(28-22(27)29-20)30-10-7-24(8-11-30)6-2-3-21(32)31(24)16-4-5-17(25)18(26)13-16/h4-5,13-14H,2-3,6-12,15H2,1H3,(H2,27,28,29). The van der Waals surface area contributed by atoms with Crippen molar-refractivity contribution in [3.8, 4) is 5.88 Å². The molecule has 1 aromatic carbocycles. The molecule has 8 nitrogen and oxygen atoms in total. The molecule has 1 amide bonds. The second-order valence-corrected chi connectivity index (χ2v) is 9.67. The Balaban J connectivity index is 1.36. The summed E-state index contributed by atoms with van der Waals surface area (Å²) in [7, 11) is 0. The van der Waals surface area contributed by atoms with Crippen molar-refractivity contribution >= 4 is 23.4 Å². The molecule has 1 aromatic heterocycles. The summed E-state index contributed by atoms with van der Waals surface area (Å²) < 4.78 is 39.1. The maximum absolute atomic E-state index is 14.0. The van der Waals surface area contributed by atoms with Crippen LogP contribution in [0.1, 0.15) is 45.4 Å². The second kappa shape index (κ2) is 8.65. The van der Waals surface area contributed by atoms with Crippen molar-refractivity contribution in [2.24, 2.45) is 0 Å². The van der Waals surface area contributed by atoms with Crippen LogP contribution in [-0.2, 0) is 9.53 Å². The summed E-state index contributed by atoms with van der Waals surface area (Å²) in [5.74, 6) is -0.719. The van der Waals surface area contributed by atoms with Crippen LogP contribution in [0, 0.1) is 11.6 Å². The number of amides is 1. The third-order valence-electron chi connectivity index (χ3n) is 7.18. The number of hydrogen-bond acceptors (Lipinski definition) is 7. The van der Waals surface area contributed by atoms with Gasteiger partial charge < -0.3 is 25.0 Å². The fourth-order valence-corrected chi connectivity index (χ4v) is 5.35. The first-order chi connectivity index (χ1) is 16.3. The Labute approximate surface area is 197 Å². The number of carbonyl (C=O) groups excluding carboxylic acids is 1. The van der Waals surface area contributed by atoms with Crippen molar-refractivity contribution in [2.75, 3.05) is 41.8 Å². The highest BCUT2D eigenvalue weighted by molar-refractivity contribution is 5.95. The van der Waals surface area contributed by atoms with Crippen LogP contribution in [0.4, 0.5) is 26.2 Å². The molecule has 3 saturated heterocycles. The van der Waals surface area contributed by atoms with Crippen LogP contribution in [0.15, 0.2) is 24.3 Å². The fraction of sp³-hybridized carbons (Fsp3) is 0.542. The molecule has 5 rings (SSSR count). The summed E-state index contributed by atoms with van der Waals surface area (Å²) in [6, 6.07) is 5.47. The van der Waals surface area contributed by atoms with E-state index in [-0.39, 0.29) is 11.9 Å². The van der Waals surface area contributed by atoms with Crippen LogP contribution in [0.2, 0.25) is 0 Å². The number of piperidine rings is 2. The molecule has 0 radical (unpaired) electrons. The first kappa shape index (κ1) is 22.8. The number of nitrogens with two attached hydrogens (primary N) is 1. The number of benzene rings is 1. The Morgan fingerprint density at radius 3 is 2.59 bits per heavy atom. The smallest absolute Gasteiger partial charge is 0.227 e. The number of halogens is 2. The lowest BCUT2D eigenvalue weighted by molar-refractivity contribution is -0.121. The number of aromatic nitrogens is 2. The third kappa shape index (κ3) is 4.26. The Hall–Kier alpha value is -3.01. The zero-order valence-corrected chi connectivity index (χ0v) is 19.2. The number of nitrogen functional groups attached to an aromatic ring is 1. The van der Waals surface area contributed by atoms with Crippen molar-refractivity contribution in [3.63, 3.8) is 0 Å². The van der Waals surface area contributed by atoms with Gasteiger partial charge in [-0.2, -0.15) is 9.97 Å². The summed E-state index contributed by atoms with van der Waals surface area (Å²) >= 11 is 0. The van der Waals surface area contributed by atoms with Crippen molar-refractivity contribution in [1.82, 2.24) is 9.97 Å². The lowest BCUT2D eigenvalue weighted by Crippen LogP contribution is -2.60. The number of hydrogen-bond donors (Lipinski definition) is 1. The Morgan fingerprint density at radius 2 is 1.88 bits per heavy atom. The van der Waals surface area contributed by atoms with Gasteiger partial charge in [-0.15, -0.1) is 0 Å². The van der Waals surface area contributed by atoms with Gasteiger partial charge in [0, 0.05) is 43.8 Å². The normalized spacial score (nSPS) is 24.6. The summed E-state index contributed by atoms with van der Waals surface area (Å²) in [6.07, 6.45) is 4.09. The highest BCUT2D eigenvalue weighted by Crippen LogP contribution is 2.42. The van der Waals surface area contributed by atoms with Gasteiger partial charge in [0.1, 0.15) is 11.4 Å². The van der Waals surface area contributed by atoms with Crippen molar-refractivity contribution in [1.29, 1.82) is 0 Å². The van der Waals surface area contributed by atoms with Gasteiger partial charge >= 0.3 is 0 Å². The van der Waals surface area contributed by atoms with Gasteiger partial charge in [0.15, 0.2) is 11.6 Å². The minimum atomic E-state index is -0.950.